The van der Waals surface area contributed by atoms with E-state index in [1.807, 2.05) is 19.1 Å². The minimum Gasteiger partial charge on any atom is -0.497 e. The number of hydrogen-bond acceptors (Lipinski definition) is 7. The third kappa shape index (κ3) is 4.29. The lowest BCUT2D eigenvalue weighted by Crippen LogP contribution is -2.44. The predicted molar refractivity (Wildman–Crippen MR) is 110 cm³/mol. The number of anilines is 3. The number of rotatable bonds is 5. The van der Waals surface area contributed by atoms with Gasteiger partial charge < -0.3 is 19.9 Å². The lowest BCUT2D eigenvalue weighted by atomic mass is 10.2. The molecule has 0 bridgehead atoms. The Morgan fingerprint density at radius 2 is 1.86 bits per heavy atom. The maximum Gasteiger partial charge on any atom is 0.166 e. The molecule has 0 amide bonds. The highest BCUT2D eigenvalue weighted by Crippen LogP contribution is 2.29. The van der Waals surface area contributed by atoms with Gasteiger partial charge in [0, 0.05) is 44.0 Å². The largest absolute Gasteiger partial charge is 0.497 e. The Hall–Kier alpha value is -3.20. The van der Waals surface area contributed by atoms with E-state index in [-0.39, 0.29) is 0 Å². The van der Waals surface area contributed by atoms with Gasteiger partial charge in [0.2, 0.25) is 0 Å². The van der Waals surface area contributed by atoms with Gasteiger partial charge in [-0.15, -0.1) is 0 Å². The molecule has 152 valence electrons. The summed E-state index contributed by atoms with van der Waals surface area (Å²) in [5.41, 5.74) is 1.22. The number of aryl methyl sites for hydroxylation is 1. The average molecular weight is 397 g/mol. The zero-order valence-electron chi connectivity index (χ0n) is 16.7. The summed E-state index contributed by atoms with van der Waals surface area (Å²) in [5.74, 6) is 2.39. The molecule has 0 unspecified atom stereocenters. The molecule has 0 saturated carbocycles. The maximum absolute atomic E-state index is 14.6. The fourth-order valence-electron chi connectivity index (χ4n) is 3.23. The molecule has 9 heteroatoms. The summed E-state index contributed by atoms with van der Waals surface area (Å²) in [6.45, 7) is 5.48. The second kappa shape index (κ2) is 8.04. The third-order valence-electron chi connectivity index (χ3n) is 4.92. The van der Waals surface area contributed by atoms with Crippen molar-refractivity contribution in [3.05, 3.63) is 41.8 Å². The van der Waals surface area contributed by atoms with Crippen molar-refractivity contribution in [2.45, 2.75) is 6.92 Å². The molecule has 0 atom stereocenters. The number of ether oxygens (including phenoxy) is 1. The van der Waals surface area contributed by atoms with Gasteiger partial charge in [0.1, 0.15) is 23.2 Å². The number of nitrogens with one attached hydrogen (secondary N) is 2. The van der Waals surface area contributed by atoms with Crippen LogP contribution in [0, 0.1) is 12.7 Å². The summed E-state index contributed by atoms with van der Waals surface area (Å²) >= 11 is 0. The minimum absolute atomic E-state index is 0.293. The smallest absolute Gasteiger partial charge is 0.166 e. The molecule has 4 rings (SSSR count). The molecule has 29 heavy (non-hydrogen) atoms. The van der Waals surface area contributed by atoms with Gasteiger partial charge in [-0.2, -0.15) is 5.10 Å². The van der Waals surface area contributed by atoms with Gasteiger partial charge in [0.15, 0.2) is 11.6 Å². The molecule has 1 aromatic carbocycles. The molecule has 0 aliphatic carbocycles. The second-order valence-electron chi connectivity index (χ2n) is 7.13. The lowest BCUT2D eigenvalue weighted by molar-refractivity contribution is 0.312. The molecule has 0 radical (unpaired) electrons. The predicted octanol–water partition coefficient (Wildman–Crippen LogP) is 2.82. The van der Waals surface area contributed by atoms with Crippen molar-refractivity contribution in [1.82, 2.24) is 25.1 Å². The van der Waals surface area contributed by atoms with E-state index in [1.54, 1.807) is 19.2 Å². The molecule has 1 saturated heterocycles. The highest BCUT2D eigenvalue weighted by molar-refractivity contribution is 5.66. The number of benzene rings is 1. The van der Waals surface area contributed by atoms with Crippen LogP contribution in [0.5, 0.6) is 5.75 Å². The fraction of sp³-hybridized carbons (Fsp3) is 0.350. The SMILES string of the molecule is COc1ccc(F)c(-c2nc(Nc3cc(C)[nH]n3)cc(N3CCN(C)CC3)n2)c1. The summed E-state index contributed by atoms with van der Waals surface area (Å²) in [6.07, 6.45) is 0. The molecule has 3 heterocycles. The van der Waals surface area contributed by atoms with Crippen LogP contribution in [-0.2, 0) is 0 Å². The van der Waals surface area contributed by atoms with Crippen LogP contribution in [0.2, 0.25) is 0 Å². The van der Waals surface area contributed by atoms with Crippen LogP contribution < -0.4 is 15.0 Å². The number of aromatic nitrogens is 4. The number of hydrogen-bond donors (Lipinski definition) is 2. The van der Waals surface area contributed by atoms with E-state index in [2.05, 4.69) is 42.3 Å². The Kier molecular flexibility index (Phi) is 5.30. The van der Waals surface area contributed by atoms with Gasteiger partial charge in [0.05, 0.1) is 12.7 Å². The Balaban J connectivity index is 1.75. The van der Waals surface area contributed by atoms with Crippen LogP contribution in [0.15, 0.2) is 30.3 Å². The van der Waals surface area contributed by atoms with Crippen LogP contribution in [0.25, 0.3) is 11.4 Å². The fourth-order valence-corrected chi connectivity index (χ4v) is 3.23. The summed E-state index contributed by atoms with van der Waals surface area (Å²) in [6, 6.07) is 8.31. The van der Waals surface area contributed by atoms with E-state index >= 15 is 0 Å². The number of halogens is 1. The molecular formula is C20H24FN7O. The molecular weight excluding hydrogens is 373 g/mol. The monoisotopic (exact) mass is 397 g/mol. The van der Waals surface area contributed by atoms with E-state index < -0.39 is 5.82 Å². The second-order valence-corrected chi connectivity index (χ2v) is 7.13. The summed E-state index contributed by atoms with van der Waals surface area (Å²) < 4.78 is 19.8. The van der Waals surface area contributed by atoms with Crippen LogP contribution in [0.3, 0.4) is 0 Å². The summed E-state index contributed by atoms with van der Waals surface area (Å²) in [4.78, 5) is 13.7. The van der Waals surface area contributed by atoms with E-state index in [1.165, 1.54) is 6.07 Å². The van der Waals surface area contributed by atoms with Gasteiger partial charge in [-0.25, -0.2) is 14.4 Å². The van der Waals surface area contributed by atoms with E-state index in [4.69, 9.17) is 4.74 Å². The van der Waals surface area contributed by atoms with E-state index in [0.29, 0.717) is 28.8 Å². The quantitative estimate of drug-likeness (QED) is 0.685. The number of H-pyrrole nitrogens is 1. The highest BCUT2D eigenvalue weighted by Gasteiger charge is 2.19. The number of nitrogens with zero attached hydrogens (tertiary/aromatic N) is 5. The van der Waals surface area contributed by atoms with Gasteiger partial charge in [-0.1, -0.05) is 0 Å². The van der Waals surface area contributed by atoms with Crippen molar-refractivity contribution in [2.24, 2.45) is 0 Å². The first-order valence-corrected chi connectivity index (χ1v) is 9.47. The van der Waals surface area contributed by atoms with Gasteiger partial charge in [-0.3, -0.25) is 5.10 Å². The van der Waals surface area contributed by atoms with Crippen LogP contribution in [-0.4, -0.2) is 65.4 Å². The number of likely N-dealkylation sites (N-methyl/N-ethyl adjacent to an activating group) is 1. The summed E-state index contributed by atoms with van der Waals surface area (Å²) in [7, 11) is 3.65. The Bertz CT molecular complexity index is 998. The van der Waals surface area contributed by atoms with Crippen molar-refractivity contribution >= 4 is 17.5 Å². The molecule has 1 aliphatic rings. The summed E-state index contributed by atoms with van der Waals surface area (Å²) in [5, 5.41) is 10.3. The van der Waals surface area contributed by atoms with Gasteiger partial charge in [0.25, 0.3) is 0 Å². The first-order chi connectivity index (χ1) is 14.0. The first kappa shape index (κ1) is 19.1. The van der Waals surface area contributed by atoms with Crippen molar-refractivity contribution < 1.29 is 9.13 Å². The molecule has 2 aromatic heterocycles. The van der Waals surface area contributed by atoms with Crippen molar-refractivity contribution in [1.29, 1.82) is 0 Å². The Morgan fingerprint density at radius 1 is 1.07 bits per heavy atom. The third-order valence-corrected chi connectivity index (χ3v) is 4.92. The van der Waals surface area contributed by atoms with Crippen LogP contribution in [0.1, 0.15) is 5.69 Å². The molecule has 0 spiro atoms. The maximum atomic E-state index is 14.6. The molecule has 3 aromatic rings. The topological polar surface area (TPSA) is 82.2 Å². The molecule has 1 aliphatic heterocycles. The lowest BCUT2D eigenvalue weighted by Gasteiger charge is -2.33. The van der Waals surface area contributed by atoms with E-state index in [0.717, 1.165) is 37.7 Å². The van der Waals surface area contributed by atoms with Crippen LogP contribution >= 0.6 is 0 Å². The Labute approximate surface area is 168 Å². The number of aromatic amines is 1. The highest BCUT2D eigenvalue weighted by atomic mass is 19.1. The normalized spacial score (nSPS) is 14.8. The molecule has 2 N–H and O–H groups in total. The number of piperazine rings is 1. The Morgan fingerprint density at radius 3 is 2.55 bits per heavy atom. The van der Waals surface area contributed by atoms with E-state index in [9.17, 15) is 4.39 Å². The zero-order chi connectivity index (χ0) is 20.4. The average Bonchev–Trinajstić information content (AvgIpc) is 3.13. The molecule has 1 fully saturated rings. The minimum atomic E-state index is -0.400. The van der Waals surface area contributed by atoms with Crippen molar-refractivity contribution in [3.8, 4) is 17.1 Å². The molecule has 8 nitrogen and oxygen atoms in total. The number of methoxy groups -OCH3 is 1. The van der Waals surface area contributed by atoms with Crippen LogP contribution in [0.4, 0.5) is 21.8 Å². The standard InChI is InChI=1S/C20H24FN7O/c1-13-10-18(26-25-13)22-17-12-19(28-8-6-27(2)7-9-28)24-20(23-17)15-11-14(29-3)4-5-16(15)21/h4-5,10-12H,6-9H2,1-3H3,(H2,22,23,24,25,26). The zero-order valence-corrected chi connectivity index (χ0v) is 16.7. The van der Waals surface area contributed by atoms with Gasteiger partial charge >= 0.3 is 0 Å². The first-order valence-electron chi connectivity index (χ1n) is 9.47. The van der Waals surface area contributed by atoms with Gasteiger partial charge in [-0.05, 0) is 32.2 Å². The van der Waals surface area contributed by atoms with Crippen molar-refractivity contribution in [2.75, 3.05) is 50.6 Å². The van der Waals surface area contributed by atoms with Crippen molar-refractivity contribution in [3.63, 3.8) is 0 Å².